The fourth-order valence-corrected chi connectivity index (χ4v) is 8.19. The quantitative estimate of drug-likeness (QED) is 0.510. The predicted octanol–water partition coefficient (Wildman–Crippen LogP) is 2.08. The smallest absolute Gasteiger partial charge is 0.244 e. The Balaban J connectivity index is 1.60. The Morgan fingerprint density at radius 3 is 2.64 bits per heavy atom. The molecular weight excluding hydrogens is 438 g/mol. The number of benzene rings is 1. The maximum absolute atomic E-state index is 13.7. The summed E-state index contributed by atoms with van der Waals surface area (Å²) in [4.78, 5) is 42.2. The lowest BCUT2D eigenvalue weighted by atomic mass is 9.70. The Morgan fingerprint density at radius 2 is 1.97 bits per heavy atom. The van der Waals surface area contributed by atoms with E-state index in [-0.39, 0.29) is 35.6 Å². The minimum Gasteiger partial charge on any atom is -0.394 e. The third-order valence-corrected chi connectivity index (χ3v) is 9.40. The molecule has 3 aliphatic heterocycles. The Labute approximate surface area is 200 Å². The van der Waals surface area contributed by atoms with Crippen LogP contribution in [0.3, 0.4) is 0 Å². The fraction of sp³-hybridized carbons (Fsp3) is 0.640. The molecule has 180 valence electrons. The molecule has 1 spiro atoms. The Morgan fingerprint density at radius 1 is 1.24 bits per heavy atom. The van der Waals surface area contributed by atoms with Crippen LogP contribution in [0.1, 0.15) is 52.0 Å². The molecule has 7 nitrogen and oxygen atoms in total. The number of amides is 3. The zero-order valence-electron chi connectivity index (χ0n) is 19.6. The number of thioether (sulfide) groups is 1. The first-order chi connectivity index (χ1) is 15.8. The second-order valence-electron chi connectivity index (χ2n) is 9.73. The van der Waals surface area contributed by atoms with Crippen molar-refractivity contribution in [3.8, 4) is 0 Å². The molecule has 3 aliphatic rings. The average Bonchev–Trinajstić information content (AvgIpc) is 3.45. The van der Waals surface area contributed by atoms with Crippen LogP contribution >= 0.6 is 11.8 Å². The van der Waals surface area contributed by atoms with Gasteiger partial charge in [0, 0.05) is 17.8 Å². The number of nitrogens with zero attached hydrogens (tertiary/aromatic N) is 1. The number of carbonyl (C=O) groups excluding carboxylic acids is 3. The van der Waals surface area contributed by atoms with Crippen LogP contribution in [0.5, 0.6) is 0 Å². The molecule has 3 unspecified atom stereocenters. The van der Waals surface area contributed by atoms with E-state index in [0.717, 1.165) is 31.2 Å². The van der Waals surface area contributed by atoms with Gasteiger partial charge in [0.25, 0.3) is 0 Å². The number of carbonyl (C=O) groups is 3. The summed E-state index contributed by atoms with van der Waals surface area (Å²) in [5.74, 6) is -1.45. The number of nitrogens with one attached hydrogen (secondary N) is 2. The molecule has 2 bridgehead atoms. The van der Waals surface area contributed by atoms with Crippen LogP contribution in [0.2, 0.25) is 0 Å². The highest BCUT2D eigenvalue weighted by Gasteiger charge is 2.74. The molecule has 0 saturated carbocycles. The van der Waals surface area contributed by atoms with Gasteiger partial charge in [-0.05, 0) is 38.7 Å². The summed E-state index contributed by atoms with van der Waals surface area (Å²) in [6, 6.07) is 8.57. The van der Waals surface area contributed by atoms with Gasteiger partial charge in [0.15, 0.2) is 0 Å². The largest absolute Gasteiger partial charge is 0.394 e. The first-order valence-electron chi connectivity index (χ1n) is 12.1. The van der Waals surface area contributed by atoms with Gasteiger partial charge >= 0.3 is 0 Å². The lowest BCUT2D eigenvalue weighted by molar-refractivity contribution is -0.142. The van der Waals surface area contributed by atoms with Crippen molar-refractivity contribution in [1.29, 1.82) is 0 Å². The first kappa shape index (κ1) is 24.1. The molecule has 0 radical (unpaired) electrons. The number of likely N-dealkylation sites (tertiary alicyclic amines) is 1. The van der Waals surface area contributed by atoms with E-state index in [1.165, 1.54) is 0 Å². The van der Waals surface area contributed by atoms with E-state index in [0.29, 0.717) is 6.54 Å². The number of fused-ring (bicyclic) bond motifs is 1. The summed E-state index contributed by atoms with van der Waals surface area (Å²) in [7, 11) is 0. The maximum Gasteiger partial charge on any atom is 0.244 e. The highest BCUT2D eigenvalue weighted by molar-refractivity contribution is 8.02. The molecule has 1 aromatic rings. The molecule has 7 atom stereocenters. The van der Waals surface area contributed by atoms with Gasteiger partial charge in [0.1, 0.15) is 6.04 Å². The summed E-state index contributed by atoms with van der Waals surface area (Å²) in [5.41, 5.74) is 1.01. The molecular formula is C25H35N3O4S. The lowest BCUT2D eigenvalue weighted by Crippen LogP contribution is -2.57. The normalized spacial score (nSPS) is 31.9. The van der Waals surface area contributed by atoms with Gasteiger partial charge in [0.2, 0.25) is 17.7 Å². The van der Waals surface area contributed by atoms with Crippen LogP contribution in [0.15, 0.2) is 30.3 Å². The minimum atomic E-state index is -0.668. The van der Waals surface area contributed by atoms with E-state index in [1.807, 2.05) is 37.3 Å². The van der Waals surface area contributed by atoms with E-state index in [1.54, 1.807) is 23.6 Å². The average molecular weight is 474 g/mol. The number of rotatable bonds is 9. The molecule has 3 amide bonds. The molecule has 4 rings (SSSR count). The molecule has 1 aromatic carbocycles. The highest BCUT2D eigenvalue weighted by Crippen LogP contribution is 2.66. The van der Waals surface area contributed by atoms with Crippen LogP contribution in [0.4, 0.5) is 0 Å². The molecule has 33 heavy (non-hydrogen) atoms. The summed E-state index contributed by atoms with van der Waals surface area (Å²) in [6.07, 6.45) is 3.36. The van der Waals surface area contributed by atoms with Crippen molar-refractivity contribution in [3.05, 3.63) is 35.9 Å². The van der Waals surface area contributed by atoms with Crippen molar-refractivity contribution >= 4 is 29.5 Å². The van der Waals surface area contributed by atoms with Crippen molar-refractivity contribution in [2.24, 2.45) is 11.8 Å². The van der Waals surface area contributed by atoms with E-state index in [9.17, 15) is 19.5 Å². The van der Waals surface area contributed by atoms with Crippen LogP contribution in [-0.2, 0) is 20.9 Å². The standard InChI is InChI=1S/C25H35N3O4S/c1-4-8-15(2)27-23(31)21-25-12-11-18(33-25)19(20(25)24(32)28(21)16(3)14-29)22(30)26-13-17-9-6-5-7-10-17/h5-7,9-10,15-16,18-21,29H,4,8,11-14H2,1-3H3,(H,26,30)(H,27,31)/t15?,16-,18-,19+,20+,21?,25?/m1/s1. The maximum atomic E-state index is 13.7. The van der Waals surface area contributed by atoms with Crippen molar-refractivity contribution in [2.75, 3.05) is 6.61 Å². The molecule has 3 N–H and O–H groups in total. The topological polar surface area (TPSA) is 98.7 Å². The molecule has 3 fully saturated rings. The van der Waals surface area contributed by atoms with Crippen LogP contribution in [-0.4, -0.2) is 62.5 Å². The second-order valence-corrected chi connectivity index (χ2v) is 11.3. The minimum absolute atomic E-state index is 0.00732. The van der Waals surface area contributed by atoms with Gasteiger partial charge in [0.05, 0.1) is 29.2 Å². The first-order valence-corrected chi connectivity index (χ1v) is 12.9. The van der Waals surface area contributed by atoms with Crippen molar-refractivity contribution in [2.45, 2.75) is 81.1 Å². The molecule has 0 aliphatic carbocycles. The van der Waals surface area contributed by atoms with Crippen LogP contribution in [0.25, 0.3) is 0 Å². The van der Waals surface area contributed by atoms with E-state index in [2.05, 4.69) is 17.6 Å². The summed E-state index contributed by atoms with van der Waals surface area (Å²) in [6.45, 7) is 6.02. The zero-order chi connectivity index (χ0) is 23.8. The van der Waals surface area contributed by atoms with E-state index < -0.39 is 28.7 Å². The third kappa shape index (κ3) is 4.16. The monoisotopic (exact) mass is 473 g/mol. The van der Waals surface area contributed by atoms with Crippen LogP contribution in [0, 0.1) is 11.8 Å². The molecule has 8 heteroatoms. The molecule has 3 heterocycles. The van der Waals surface area contributed by atoms with Gasteiger partial charge < -0.3 is 20.6 Å². The Kier molecular flexibility index (Phi) is 7.05. The zero-order valence-corrected chi connectivity index (χ0v) is 20.4. The summed E-state index contributed by atoms with van der Waals surface area (Å²) >= 11 is 1.65. The predicted molar refractivity (Wildman–Crippen MR) is 128 cm³/mol. The summed E-state index contributed by atoms with van der Waals surface area (Å²) < 4.78 is -0.615. The highest BCUT2D eigenvalue weighted by atomic mass is 32.2. The second kappa shape index (κ2) is 9.66. The third-order valence-electron chi connectivity index (χ3n) is 7.45. The lowest BCUT2D eigenvalue weighted by Gasteiger charge is -2.36. The van der Waals surface area contributed by atoms with Gasteiger partial charge in [-0.2, -0.15) is 0 Å². The Hall–Kier alpha value is -2.06. The van der Waals surface area contributed by atoms with Crippen molar-refractivity contribution in [3.63, 3.8) is 0 Å². The number of aliphatic hydroxyl groups is 1. The van der Waals surface area contributed by atoms with E-state index >= 15 is 0 Å². The van der Waals surface area contributed by atoms with Gasteiger partial charge in [-0.1, -0.05) is 43.7 Å². The Bertz CT molecular complexity index is 897. The number of aliphatic hydroxyl groups excluding tert-OH is 1. The van der Waals surface area contributed by atoms with Gasteiger partial charge in [-0.25, -0.2) is 0 Å². The SMILES string of the molecule is CCCC(C)NC(=O)C1N([C@H](C)CO)C(=O)[C@@H]2[C@@H](C(=O)NCc3ccccc3)[C@H]3CCC12S3. The summed E-state index contributed by atoms with van der Waals surface area (Å²) in [5, 5.41) is 16.1. The fourth-order valence-electron chi connectivity index (χ4n) is 5.98. The van der Waals surface area contributed by atoms with E-state index in [4.69, 9.17) is 0 Å². The van der Waals surface area contributed by atoms with Crippen molar-refractivity contribution < 1.29 is 19.5 Å². The van der Waals surface area contributed by atoms with Crippen molar-refractivity contribution in [1.82, 2.24) is 15.5 Å². The number of hydrogen-bond donors (Lipinski definition) is 3. The van der Waals surface area contributed by atoms with Gasteiger partial charge in [-0.3, -0.25) is 14.4 Å². The van der Waals surface area contributed by atoms with Crippen LogP contribution < -0.4 is 10.6 Å². The number of hydrogen-bond acceptors (Lipinski definition) is 5. The molecule has 3 saturated heterocycles. The van der Waals surface area contributed by atoms with Gasteiger partial charge in [-0.15, -0.1) is 11.8 Å². The molecule has 0 aromatic heterocycles.